The van der Waals surface area contributed by atoms with Gasteiger partial charge in [-0.05, 0) is 42.0 Å². The predicted octanol–water partition coefficient (Wildman–Crippen LogP) is 3.12. The van der Waals surface area contributed by atoms with Crippen LogP contribution in [-0.2, 0) is 10.0 Å². The highest BCUT2D eigenvalue weighted by Gasteiger charge is 2.22. The Kier molecular flexibility index (Phi) is 4.44. The summed E-state index contributed by atoms with van der Waals surface area (Å²) in [6, 6.07) is 12.3. The fraction of sp³-hybridized carbons (Fsp3) is 0.0526. The topological polar surface area (TPSA) is 79.0 Å². The van der Waals surface area contributed by atoms with Crippen molar-refractivity contribution in [2.24, 2.45) is 0 Å². The molecule has 7 nitrogen and oxygen atoms in total. The fourth-order valence-corrected chi connectivity index (χ4v) is 4.09. The second kappa shape index (κ2) is 6.93. The molecule has 0 saturated carbocycles. The molecule has 4 aromatic rings. The number of ether oxygens (including phenoxy) is 1. The van der Waals surface area contributed by atoms with Crippen LogP contribution in [0.25, 0.3) is 16.8 Å². The molecular weight excluding hydrogens is 383 g/mol. The average molecular weight is 398 g/mol. The van der Waals surface area contributed by atoms with Crippen LogP contribution in [0.15, 0.2) is 78.2 Å². The number of para-hydroxylation sites is 1. The predicted molar refractivity (Wildman–Crippen MR) is 100 cm³/mol. The summed E-state index contributed by atoms with van der Waals surface area (Å²) in [5, 5.41) is 8.05. The lowest BCUT2D eigenvalue weighted by Gasteiger charge is -2.09. The minimum atomic E-state index is -3.96. The number of benzene rings is 2. The monoisotopic (exact) mass is 398 g/mol. The average Bonchev–Trinajstić information content (AvgIpc) is 3.39. The van der Waals surface area contributed by atoms with Gasteiger partial charge in [0, 0.05) is 18.0 Å². The van der Waals surface area contributed by atoms with Crippen molar-refractivity contribution < 1.29 is 17.5 Å². The molecule has 0 aliphatic carbocycles. The van der Waals surface area contributed by atoms with Gasteiger partial charge in [0.05, 0.1) is 25.2 Å². The molecule has 142 valence electrons. The SMILES string of the molecule is COc1ccccc1S(=O)(=O)n1cc(-c2cc(F)cc(-n3cccn3)c2)cn1. The van der Waals surface area contributed by atoms with Crippen LogP contribution in [-0.4, -0.2) is 34.5 Å². The number of nitrogens with zero attached hydrogens (tertiary/aromatic N) is 4. The molecule has 2 heterocycles. The Labute approximate surface area is 160 Å². The van der Waals surface area contributed by atoms with E-state index in [2.05, 4.69) is 10.2 Å². The maximum atomic E-state index is 14.1. The van der Waals surface area contributed by atoms with Gasteiger partial charge in [0.25, 0.3) is 10.0 Å². The summed E-state index contributed by atoms with van der Waals surface area (Å²) in [7, 11) is -2.57. The van der Waals surface area contributed by atoms with E-state index in [1.165, 1.54) is 42.4 Å². The molecule has 0 fully saturated rings. The zero-order valence-electron chi connectivity index (χ0n) is 14.7. The number of rotatable bonds is 5. The molecule has 0 aliphatic rings. The van der Waals surface area contributed by atoms with Gasteiger partial charge in [0.15, 0.2) is 0 Å². The molecule has 0 radical (unpaired) electrons. The van der Waals surface area contributed by atoms with Crippen LogP contribution < -0.4 is 4.74 Å². The van der Waals surface area contributed by atoms with Crippen LogP contribution >= 0.6 is 0 Å². The molecule has 0 unspecified atom stereocenters. The highest BCUT2D eigenvalue weighted by atomic mass is 32.2. The molecule has 0 amide bonds. The van der Waals surface area contributed by atoms with Crippen molar-refractivity contribution in [2.75, 3.05) is 7.11 Å². The third kappa shape index (κ3) is 3.16. The van der Waals surface area contributed by atoms with E-state index in [9.17, 15) is 12.8 Å². The lowest BCUT2D eigenvalue weighted by atomic mass is 10.1. The smallest absolute Gasteiger partial charge is 0.286 e. The van der Waals surface area contributed by atoms with Crippen molar-refractivity contribution in [1.82, 2.24) is 19.0 Å². The highest BCUT2D eigenvalue weighted by molar-refractivity contribution is 7.90. The van der Waals surface area contributed by atoms with E-state index in [0.29, 0.717) is 16.8 Å². The molecule has 0 aliphatic heterocycles. The maximum absolute atomic E-state index is 14.1. The van der Waals surface area contributed by atoms with Gasteiger partial charge < -0.3 is 4.74 Å². The Morgan fingerprint density at radius 2 is 1.86 bits per heavy atom. The maximum Gasteiger partial charge on any atom is 0.286 e. The minimum Gasteiger partial charge on any atom is -0.495 e. The molecule has 9 heteroatoms. The second-order valence-corrected chi connectivity index (χ2v) is 7.67. The first-order valence-electron chi connectivity index (χ1n) is 8.23. The molecule has 0 atom stereocenters. The van der Waals surface area contributed by atoms with E-state index < -0.39 is 15.8 Å². The number of hydrogen-bond acceptors (Lipinski definition) is 5. The molecule has 2 aromatic heterocycles. The summed E-state index contributed by atoms with van der Waals surface area (Å²) in [5.41, 5.74) is 1.44. The van der Waals surface area contributed by atoms with Crippen molar-refractivity contribution in [3.05, 3.63) is 79.1 Å². The molecule has 4 rings (SSSR count). The lowest BCUT2D eigenvalue weighted by molar-refractivity contribution is 0.402. The molecule has 0 saturated heterocycles. The van der Waals surface area contributed by atoms with Crippen molar-refractivity contribution in [2.45, 2.75) is 4.90 Å². The van der Waals surface area contributed by atoms with E-state index in [1.807, 2.05) is 0 Å². The van der Waals surface area contributed by atoms with Crippen molar-refractivity contribution in [1.29, 1.82) is 0 Å². The van der Waals surface area contributed by atoms with Gasteiger partial charge in [-0.2, -0.15) is 22.7 Å². The summed E-state index contributed by atoms with van der Waals surface area (Å²) in [6.45, 7) is 0. The summed E-state index contributed by atoms with van der Waals surface area (Å²) in [4.78, 5) is -0.0105. The minimum absolute atomic E-state index is 0.0105. The van der Waals surface area contributed by atoms with Crippen molar-refractivity contribution in [3.63, 3.8) is 0 Å². The van der Waals surface area contributed by atoms with Crippen LogP contribution in [0.3, 0.4) is 0 Å². The summed E-state index contributed by atoms with van der Waals surface area (Å²) < 4.78 is 47.4. The Bertz CT molecular complexity index is 1230. The van der Waals surface area contributed by atoms with Gasteiger partial charge in [-0.15, -0.1) is 0 Å². The molecule has 0 bridgehead atoms. The number of methoxy groups -OCH3 is 1. The number of halogens is 1. The Hall–Kier alpha value is -3.46. The Balaban J connectivity index is 1.76. The van der Waals surface area contributed by atoms with E-state index in [-0.39, 0.29) is 10.6 Å². The van der Waals surface area contributed by atoms with Gasteiger partial charge in [0.1, 0.15) is 16.5 Å². The van der Waals surface area contributed by atoms with Crippen LogP contribution in [0.1, 0.15) is 0 Å². The molecule has 2 aromatic carbocycles. The van der Waals surface area contributed by atoms with Crippen LogP contribution in [0, 0.1) is 5.82 Å². The quantitative estimate of drug-likeness (QED) is 0.516. The standard InChI is InChI=1S/C19H15FN4O3S/c1-27-18-5-2-3-6-19(18)28(25,26)24-13-15(12-22-24)14-9-16(20)11-17(10-14)23-8-4-7-21-23/h2-13H,1H3. The third-order valence-corrected chi connectivity index (χ3v) is 5.72. The third-order valence-electron chi connectivity index (χ3n) is 4.14. The Morgan fingerprint density at radius 1 is 1.04 bits per heavy atom. The van der Waals surface area contributed by atoms with Crippen molar-refractivity contribution in [3.8, 4) is 22.6 Å². The van der Waals surface area contributed by atoms with E-state index in [0.717, 1.165) is 4.09 Å². The van der Waals surface area contributed by atoms with E-state index >= 15 is 0 Å². The lowest BCUT2D eigenvalue weighted by Crippen LogP contribution is -2.14. The first kappa shape index (κ1) is 17.9. The highest BCUT2D eigenvalue weighted by Crippen LogP contribution is 2.27. The summed E-state index contributed by atoms with van der Waals surface area (Å²) in [5.74, 6) is -0.255. The van der Waals surface area contributed by atoms with Crippen LogP contribution in [0.2, 0.25) is 0 Å². The number of hydrogen-bond donors (Lipinski definition) is 0. The number of aromatic nitrogens is 4. The van der Waals surface area contributed by atoms with Gasteiger partial charge in [-0.3, -0.25) is 0 Å². The van der Waals surface area contributed by atoms with Gasteiger partial charge in [-0.1, -0.05) is 12.1 Å². The van der Waals surface area contributed by atoms with Crippen molar-refractivity contribution >= 4 is 10.0 Å². The molecule has 0 spiro atoms. The fourth-order valence-electron chi connectivity index (χ4n) is 2.81. The summed E-state index contributed by atoms with van der Waals surface area (Å²) in [6.07, 6.45) is 5.98. The zero-order valence-corrected chi connectivity index (χ0v) is 15.5. The van der Waals surface area contributed by atoms with Crippen LogP contribution in [0.4, 0.5) is 4.39 Å². The van der Waals surface area contributed by atoms with Gasteiger partial charge in [-0.25, -0.2) is 9.07 Å². The molecular formula is C19H15FN4O3S. The first-order chi connectivity index (χ1) is 13.5. The van der Waals surface area contributed by atoms with Gasteiger partial charge >= 0.3 is 0 Å². The van der Waals surface area contributed by atoms with Crippen LogP contribution in [0.5, 0.6) is 5.75 Å². The van der Waals surface area contributed by atoms with E-state index in [4.69, 9.17) is 4.74 Å². The zero-order chi connectivity index (χ0) is 19.7. The van der Waals surface area contributed by atoms with Gasteiger partial charge in [0.2, 0.25) is 0 Å². The molecule has 0 N–H and O–H groups in total. The normalized spacial score (nSPS) is 11.5. The summed E-state index contributed by atoms with van der Waals surface area (Å²) >= 11 is 0. The second-order valence-electron chi connectivity index (χ2n) is 5.91. The van der Waals surface area contributed by atoms with E-state index in [1.54, 1.807) is 42.7 Å². The molecule has 28 heavy (non-hydrogen) atoms. The first-order valence-corrected chi connectivity index (χ1v) is 9.67. The largest absolute Gasteiger partial charge is 0.495 e. The Morgan fingerprint density at radius 3 is 2.61 bits per heavy atom.